The number of oxazole rings is 1. The number of β-amino-alcohol motifs (C(OH)–C–C–N with tert-alkyl or cyclic N) is 1. The third-order valence-corrected chi connectivity index (χ3v) is 4.14. The first kappa shape index (κ1) is 15.5. The number of aliphatic hydroxyl groups is 1. The highest BCUT2D eigenvalue weighted by atomic mass is 35.5. The largest absolute Gasteiger partial charge is 0.439 e. The molecule has 118 valence electrons. The molecular formula is C16H20ClN3O2. The van der Waals surface area contributed by atoms with Crippen molar-refractivity contribution in [2.75, 3.05) is 39.3 Å². The molecule has 0 amide bonds. The van der Waals surface area contributed by atoms with E-state index in [0.29, 0.717) is 11.6 Å². The number of rotatable bonds is 5. The highest BCUT2D eigenvalue weighted by Crippen LogP contribution is 2.23. The molecule has 1 aromatic heterocycles. The smallest absolute Gasteiger partial charge is 0.209 e. The van der Waals surface area contributed by atoms with Gasteiger partial charge >= 0.3 is 0 Å². The standard InChI is InChI=1S/C16H20ClN3O2/c17-14-3-1-2-13(10-14)15-11-18-16(22-15)12-20-6-4-19(5-7-20)8-9-21/h1-3,10-11,21H,4-9,12H2. The minimum Gasteiger partial charge on any atom is -0.439 e. The van der Waals surface area contributed by atoms with Crippen molar-refractivity contribution < 1.29 is 9.52 Å². The summed E-state index contributed by atoms with van der Waals surface area (Å²) < 4.78 is 5.84. The Labute approximate surface area is 135 Å². The molecule has 1 aromatic carbocycles. The van der Waals surface area contributed by atoms with E-state index in [1.807, 2.05) is 24.3 Å². The maximum absolute atomic E-state index is 8.96. The molecule has 22 heavy (non-hydrogen) atoms. The van der Waals surface area contributed by atoms with Gasteiger partial charge in [-0.1, -0.05) is 23.7 Å². The minimum atomic E-state index is 0.225. The van der Waals surface area contributed by atoms with Crippen LogP contribution in [0.25, 0.3) is 11.3 Å². The van der Waals surface area contributed by atoms with Gasteiger partial charge in [-0.3, -0.25) is 9.80 Å². The van der Waals surface area contributed by atoms with Crippen LogP contribution in [0.2, 0.25) is 5.02 Å². The van der Waals surface area contributed by atoms with Crippen LogP contribution in [0.3, 0.4) is 0 Å². The Hall–Kier alpha value is -1.40. The van der Waals surface area contributed by atoms with Crippen molar-refractivity contribution in [2.24, 2.45) is 0 Å². The zero-order chi connectivity index (χ0) is 15.4. The lowest BCUT2D eigenvalue weighted by Crippen LogP contribution is -2.46. The van der Waals surface area contributed by atoms with Crippen molar-refractivity contribution in [3.63, 3.8) is 0 Å². The van der Waals surface area contributed by atoms with Crippen molar-refractivity contribution in [1.82, 2.24) is 14.8 Å². The molecule has 0 saturated carbocycles. The van der Waals surface area contributed by atoms with Crippen LogP contribution in [-0.2, 0) is 6.54 Å². The van der Waals surface area contributed by atoms with Gasteiger partial charge in [-0.25, -0.2) is 4.98 Å². The molecule has 1 aliphatic rings. The van der Waals surface area contributed by atoms with E-state index in [-0.39, 0.29) is 6.61 Å². The van der Waals surface area contributed by atoms with Crippen LogP contribution in [0, 0.1) is 0 Å². The molecular weight excluding hydrogens is 302 g/mol. The molecule has 5 nitrogen and oxygen atoms in total. The Morgan fingerprint density at radius 1 is 1.18 bits per heavy atom. The topological polar surface area (TPSA) is 52.7 Å². The predicted molar refractivity (Wildman–Crippen MR) is 85.8 cm³/mol. The summed E-state index contributed by atoms with van der Waals surface area (Å²) in [5.74, 6) is 1.47. The zero-order valence-electron chi connectivity index (χ0n) is 12.4. The van der Waals surface area contributed by atoms with Gasteiger partial charge in [-0.2, -0.15) is 0 Å². The maximum atomic E-state index is 8.96. The van der Waals surface area contributed by atoms with Crippen molar-refractivity contribution in [1.29, 1.82) is 0 Å². The summed E-state index contributed by atoms with van der Waals surface area (Å²) in [6.07, 6.45) is 1.75. The summed E-state index contributed by atoms with van der Waals surface area (Å²) in [6.45, 7) is 5.58. The number of halogens is 1. The van der Waals surface area contributed by atoms with Crippen LogP contribution in [0.4, 0.5) is 0 Å². The van der Waals surface area contributed by atoms with Crippen LogP contribution < -0.4 is 0 Å². The fourth-order valence-electron chi connectivity index (χ4n) is 2.66. The van der Waals surface area contributed by atoms with Gasteiger partial charge in [-0.05, 0) is 12.1 Å². The highest BCUT2D eigenvalue weighted by molar-refractivity contribution is 6.30. The van der Waals surface area contributed by atoms with E-state index in [0.717, 1.165) is 49.9 Å². The summed E-state index contributed by atoms with van der Waals surface area (Å²) in [5.41, 5.74) is 0.944. The molecule has 2 heterocycles. The Kier molecular flexibility index (Phi) is 5.10. The lowest BCUT2D eigenvalue weighted by molar-refractivity contribution is 0.103. The number of benzene rings is 1. The predicted octanol–water partition coefficient (Wildman–Crippen LogP) is 2.10. The fourth-order valence-corrected chi connectivity index (χ4v) is 2.85. The summed E-state index contributed by atoms with van der Waals surface area (Å²) in [6, 6.07) is 7.58. The van der Waals surface area contributed by atoms with Crippen LogP contribution in [-0.4, -0.2) is 59.2 Å². The van der Waals surface area contributed by atoms with E-state index in [9.17, 15) is 0 Å². The molecule has 2 aromatic rings. The molecule has 1 aliphatic heterocycles. The Morgan fingerprint density at radius 2 is 1.95 bits per heavy atom. The van der Waals surface area contributed by atoms with E-state index < -0.39 is 0 Å². The van der Waals surface area contributed by atoms with Crippen molar-refractivity contribution in [3.8, 4) is 11.3 Å². The number of hydrogen-bond acceptors (Lipinski definition) is 5. The van der Waals surface area contributed by atoms with Gasteiger partial charge in [0.05, 0.1) is 19.3 Å². The number of aliphatic hydroxyl groups excluding tert-OH is 1. The summed E-state index contributed by atoms with van der Waals surface area (Å²) in [5, 5.41) is 9.65. The Morgan fingerprint density at radius 3 is 2.68 bits per heavy atom. The lowest BCUT2D eigenvalue weighted by atomic mass is 10.2. The maximum Gasteiger partial charge on any atom is 0.209 e. The van der Waals surface area contributed by atoms with Crippen molar-refractivity contribution >= 4 is 11.6 Å². The van der Waals surface area contributed by atoms with Crippen LogP contribution in [0.5, 0.6) is 0 Å². The van der Waals surface area contributed by atoms with Gasteiger partial charge in [0.1, 0.15) is 0 Å². The second kappa shape index (κ2) is 7.24. The molecule has 0 spiro atoms. The number of aromatic nitrogens is 1. The SMILES string of the molecule is OCCN1CCN(Cc2ncc(-c3cccc(Cl)c3)o2)CC1. The summed E-state index contributed by atoms with van der Waals surface area (Å²) >= 11 is 6.00. The lowest BCUT2D eigenvalue weighted by Gasteiger charge is -2.33. The first-order valence-electron chi connectivity index (χ1n) is 7.51. The average molecular weight is 322 g/mol. The van der Waals surface area contributed by atoms with E-state index in [2.05, 4.69) is 14.8 Å². The molecule has 0 atom stereocenters. The molecule has 6 heteroatoms. The first-order valence-corrected chi connectivity index (χ1v) is 7.88. The van der Waals surface area contributed by atoms with Gasteiger partial charge in [0, 0.05) is 43.3 Å². The molecule has 0 aliphatic carbocycles. The van der Waals surface area contributed by atoms with E-state index in [4.69, 9.17) is 21.1 Å². The van der Waals surface area contributed by atoms with Gasteiger partial charge in [-0.15, -0.1) is 0 Å². The van der Waals surface area contributed by atoms with E-state index in [1.54, 1.807) is 6.20 Å². The van der Waals surface area contributed by atoms with Crippen LogP contribution >= 0.6 is 11.6 Å². The first-order chi connectivity index (χ1) is 10.7. The van der Waals surface area contributed by atoms with E-state index in [1.165, 1.54) is 0 Å². The fraction of sp³-hybridized carbons (Fsp3) is 0.438. The average Bonchev–Trinajstić information content (AvgIpc) is 2.98. The second-order valence-electron chi connectivity index (χ2n) is 5.47. The highest BCUT2D eigenvalue weighted by Gasteiger charge is 2.18. The van der Waals surface area contributed by atoms with Gasteiger partial charge in [0.2, 0.25) is 5.89 Å². The van der Waals surface area contributed by atoms with Crippen molar-refractivity contribution in [3.05, 3.63) is 41.4 Å². The third-order valence-electron chi connectivity index (χ3n) is 3.90. The van der Waals surface area contributed by atoms with Gasteiger partial charge in [0.25, 0.3) is 0 Å². The monoisotopic (exact) mass is 321 g/mol. The number of piperazine rings is 1. The summed E-state index contributed by atoms with van der Waals surface area (Å²) in [7, 11) is 0. The molecule has 3 rings (SSSR count). The van der Waals surface area contributed by atoms with Gasteiger partial charge < -0.3 is 9.52 Å². The zero-order valence-corrected chi connectivity index (χ0v) is 13.2. The molecule has 1 fully saturated rings. The summed E-state index contributed by atoms with van der Waals surface area (Å²) in [4.78, 5) is 8.95. The van der Waals surface area contributed by atoms with Crippen LogP contribution in [0.15, 0.2) is 34.9 Å². The Balaban J connectivity index is 1.58. The minimum absolute atomic E-state index is 0.225. The Bertz CT molecular complexity index is 609. The molecule has 1 saturated heterocycles. The quantitative estimate of drug-likeness (QED) is 0.914. The van der Waals surface area contributed by atoms with Crippen LogP contribution in [0.1, 0.15) is 5.89 Å². The second-order valence-corrected chi connectivity index (χ2v) is 5.91. The third kappa shape index (κ3) is 3.87. The molecule has 0 bridgehead atoms. The number of nitrogens with zero attached hydrogens (tertiary/aromatic N) is 3. The van der Waals surface area contributed by atoms with E-state index >= 15 is 0 Å². The van der Waals surface area contributed by atoms with Crippen molar-refractivity contribution in [2.45, 2.75) is 6.54 Å². The van der Waals surface area contributed by atoms with Gasteiger partial charge in [0.15, 0.2) is 5.76 Å². The molecule has 0 unspecified atom stereocenters. The molecule has 0 radical (unpaired) electrons. The number of hydrogen-bond donors (Lipinski definition) is 1. The normalized spacial score (nSPS) is 17.0. The molecule has 1 N–H and O–H groups in total.